The molecule has 116 valence electrons. The smallest absolute Gasteiger partial charge is 0.190 e. The molecule has 1 aliphatic rings. The van der Waals surface area contributed by atoms with Crippen molar-refractivity contribution in [1.82, 2.24) is 10.6 Å². The Morgan fingerprint density at radius 3 is 2.43 bits per heavy atom. The minimum Gasteiger partial charge on any atom is -0.372 e. The Labute approximate surface area is 128 Å². The summed E-state index contributed by atoms with van der Waals surface area (Å²) in [7, 11) is 5.88. The van der Waals surface area contributed by atoms with Crippen molar-refractivity contribution >= 4 is 11.6 Å². The lowest BCUT2D eigenvalue weighted by molar-refractivity contribution is 0.427. The first-order valence-corrected chi connectivity index (χ1v) is 7.94. The average Bonchev–Trinajstić information content (AvgIpc) is 2.56. The van der Waals surface area contributed by atoms with Crippen LogP contribution in [0.1, 0.15) is 37.7 Å². The van der Waals surface area contributed by atoms with Crippen LogP contribution in [0.5, 0.6) is 0 Å². The lowest BCUT2D eigenvalue weighted by Crippen LogP contribution is -2.34. The highest BCUT2D eigenvalue weighted by atomic mass is 15.1. The van der Waals surface area contributed by atoms with Gasteiger partial charge in [-0.15, -0.1) is 0 Å². The molecule has 0 aromatic heterocycles. The van der Waals surface area contributed by atoms with Crippen molar-refractivity contribution < 1.29 is 0 Å². The molecule has 2 N–H and O–H groups in total. The topological polar surface area (TPSA) is 39.7 Å². The Morgan fingerprint density at radius 2 is 1.86 bits per heavy atom. The molecule has 1 aromatic rings. The fourth-order valence-corrected chi connectivity index (χ4v) is 2.99. The van der Waals surface area contributed by atoms with Crippen LogP contribution in [0.2, 0.25) is 0 Å². The zero-order valence-electron chi connectivity index (χ0n) is 13.5. The predicted molar refractivity (Wildman–Crippen MR) is 91.0 cm³/mol. The van der Waals surface area contributed by atoms with Crippen LogP contribution in [0, 0.1) is 0 Å². The highest BCUT2D eigenvalue weighted by Gasteiger charge is 2.18. The van der Waals surface area contributed by atoms with Gasteiger partial charge in [0.15, 0.2) is 5.96 Å². The van der Waals surface area contributed by atoms with E-state index in [9.17, 15) is 0 Å². The number of aliphatic imine (C=N–C) groups is 1. The molecule has 0 unspecified atom stereocenters. The largest absolute Gasteiger partial charge is 0.372 e. The summed E-state index contributed by atoms with van der Waals surface area (Å²) in [6, 6.07) is 9.57. The van der Waals surface area contributed by atoms with Crippen molar-refractivity contribution in [2.75, 3.05) is 26.0 Å². The van der Waals surface area contributed by atoms with Crippen molar-refractivity contribution in [3.63, 3.8) is 0 Å². The second kappa shape index (κ2) is 7.91. The molecule has 1 aromatic carbocycles. The first-order valence-electron chi connectivity index (χ1n) is 7.94. The van der Waals surface area contributed by atoms with E-state index in [1.807, 2.05) is 7.05 Å². The van der Waals surface area contributed by atoms with Gasteiger partial charge in [-0.3, -0.25) is 4.99 Å². The van der Waals surface area contributed by atoms with Crippen molar-refractivity contribution in [2.24, 2.45) is 4.99 Å². The summed E-state index contributed by atoms with van der Waals surface area (Å²) in [5.74, 6) is 0.818. The molecule has 0 heterocycles. The van der Waals surface area contributed by atoms with Crippen molar-refractivity contribution in [1.29, 1.82) is 0 Å². The number of nitrogens with zero attached hydrogens (tertiary/aromatic N) is 2. The lowest BCUT2D eigenvalue weighted by Gasteiger charge is -2.33. The molecule has 1 fully saturated rings. The standard InChI is InChI=1S/C17H28N4/c1-18-17(19-2)20-13-14-9-11-16(12-10-14)21(3)15-7-5-4-6-8-15/h9-12,15H,4-8,13H2,1-3H3,(H2,18,19,20). The van der Waals surface area contributed by atoms with Crippen molar-refractivity contribution in [3.8, 4) is 0 Å². The van der Waals surface area contributed by atoms with E-state index in [1.165, 1.54) is 43.4 Å². The number of benzene rings is 1. The van der Waals surface area contributed by atoms with Crippen molar-refractivity contribution in [2.45, 2.75) is 44.7 Å². The van der Waals surface area contributed by atoms with Gasteiger partial charge in [0, 0.05) is 39.4 Å². The number of anilines is 1. The Bertz CT molecular complexity index is 446. The van der Waals surface area contributed by atoms with Gasteiger partial charge in [0.1, 0.15) is 0 Å². The molecule has 0 amide bonds. The molecular formula is C17H28N4. The van der Waals surface area contributed by atoms with E-state index in [-0.39, 0.29) is 0 Å². The molecule has 2 rings (SSSR count). The number of nitrogens with one attached hydrogen (secondary N) is 2. The molecule has 4 heteroatoms. The van der Waals surface area contributed by atoms with E-state index in [1.54, 1.807) is 7.05 Å². The Kier molecular flexibility index (Phi) is 5.90. The second-order valence-electron chi connectivity index (χ2n) is 5.74. The first-order chi connectivity index (χ1) is 10.2. The summed E-state index contributed by atoms with van der Waals surface area (Å²) in [6.07, 6.45) is 6.82. The number of hydrogen-bond acceptors (Lipinski definition) is 2. The van der Waals surface area contributed by atoms with E-state index in [0.717, 1.165) is 12.5 Å². The van der Waals surface area contributed by atoms with Gasteiger partial charge in [-0.2, -0.15) is 0 Å². The molecule has 1 saturated carbocycles. The van der Waals surface area contributed by atoms with Crippen LogP contribution in [0.4, 0.5) is 5.69 Å². The number of guanidine groups is 1. The molecule has 0 bridgehead atoms. The molecule has 4 nitrogen and oxygen atoms in total. The summed E-state index contributed by atoms with van der Waals surface area (Å²) >= 11 is 0. The highest BCUT2D eigenvalue weighted by Crippen LogP contribution is 2.26. The Balaban J connectivity index is 1.91. The van der Waals surface area contributed by atoms with Gasteiger partial charge in [-0.25, -0.2) is 0 Å². The normalized spacial score (nSPS) is 16.6. The highest BCUT2D eigenvalue weighted by molar-refractivity contribution is 5.79. The van der Waals surface area contributed by atoms with Crippen molar-refractivity contribution in [3.05, 3.63) is 29.8 Å². The van der Waals surface area contributed by atoms with Crippen LogP contribution in [0.25, 0.3) is 0 Å². The molecule has 0 spiro atoms. The predicted octanol–water partition coefficient (Wildman–Crippen LogP) is 2.75. The third-order valence-electron chi connectivity index (χ3n) is 4.39. The lowest BCUT2D eigenvalue weighted by atomic mass is 9.94. The molecular weight excluding hydrogens is 260 g/mol. The SMILES string of the molecule is CN=C(NC)NCc1ccc(N(C)C2CCCCC2)cc1. The molecule has 21 heavy (non-hydrogen) atoms. The first kappa shape index (κ1) is 15.7. The van der Waals surface area contributed by atoms with Crippen LogP contribution in [-0.2, 0) is 6.54 Å². The zero-order valence-corrected chi connectivity index (χ0v) is 13.5. The van der Waals surface area contributed by atoms with E-state index in [2.05, 4.69) is 51.8 Å². The molecule has 0 aliphatic heterocycles. The Morgan fingerprint density at radius 1 is 1.19 bits per heavy atom. The third kappa shape index (κ3) is 4.38. The third-order valence-corrected chi connectivity index (χ3v) is 4.39. The molecule has 0 radical (unpaired) electrons. The summed E-state index contributed by atoms with van der Waals surface area (Å²) in [5.41, 5.74) is 2.59. The Hall–Kier alpha value is -1.71. The maximum absolute atomic E-state index is 4.11. The van der Waals surface area contributed by atoms with Crippen LogP contribution in [-0.4, -0.2) is 33.1 Å². The fraction of sp³-hybridized carbons (Fsp3) is 0.588. The second-order valence-corrected chi connectivity index (χ2v) is 5.74. The van der Waals surface area contributed by atoms with Gasteiger partial charge >= 0.3 is 0 Å². The van der Waals surface area contributed by atoms with E-state index >= 15 is 0 Å². The molecule has 1 aliphatic carbocycles. The minimum atomic E-state index is 0.714. The van der Waals surface area contributed by atoms with Gasteiger partial charge < -0.3 is 15.5 Å². The van der Waals surface area contributed by atoms with Gasteiger partial charge in [-0.1, -0.05) is 31.4 Å². The summed E-state index contributed by atoms with van der Waals surface area (Å²) in [4.78, 5) is 6.56. The number of hydrogen-bond donors (Lipinski definition) is 2. The van der Waals surface area contributed by atoms with E-state index in [4.69, 9.17) is 0 Å². The van der Waals surface area contributed by atoms with Crippen LogP contribution in [0.3, 0.4) is 0 Å². The summed E-state index contributed by atoms with van der Waals surface area (Å²) < 4.78 is 0. The molecule has 0 saturated heterocycles. The van der Waals surface area contributed by atoms with E-state index in [0.29, 0.717) is 6.04 Å². The van der Waals surface area contributed by atoms with Crippen LogP contribution >= 0.6 is 0 Å². The quantitative estimate of drug-likeness (QED) is 0.661. The van der Waals surface area contributed by atoms with Gasteiger partial charge in [0.2, 0.25) is 0 Å². The van der Waals surface area contributed by atoms with Gasteiger partial charge in [0.25, 0.3) is 0 Å². The fourth-order valence-electron chi connectivity index (χ4n) is 2.99. The maximum atomic E-state index is 4.11. The number of rotatable bonds is 4. The van der Waals surface area contributed by atoms with Crippen LogP contribution in [0.15, 0.2) is 29.3 Å². The summed E-state index contributed by atoms with van der Waals surface area (Å²) in [5, 5.41) is 6.30. The van der Waals surface area contributed by atoms with Gasteiger partial charge in [-0.05, 0) is 30.5 Å². The molecule has 0 atom stereocenters. The van der Waals surface area contributed by atoms with Gasteiger partial charge in [0.05, 0.1) is 0 Å². The van der Waals surface area contributed by atoms with E-state index < -0.39 is 0 Å². The maximum Gasteiger partial charge on any atom is 0.190 e. The monoisotopic (exact) mass is 288 g/mol. The average molecular weight is 288 g/mol. The zero-order chi connectivity index (χ0) is 15.1. The minimum absolute atomic E-state index is 0.714. The summed E-state index contributed by atoms with van der Waals surface area (Å²) in [6.45, 7) is 0.793. The van der Waals surface area contributed by atoms with Crippen LogP contribution < -0.4 is 15.5 Å².